The number of rotatable bonds is 7. The summed E-state index contributed by atoms with van der Waals surface area (Å²) in [5.74, 6) is 0.576. The van der Waals surface area contributed by atoms with Crippen LogP contribution in [0.15, 0.2) is 45.8 Å². The van der Waals surface area contributed by atoms with Crippen molar-refractivity contribution in [1.82, 2.24) is 10.6 Å². The maximum Gasteiger partial charge on any atom is 0.284 e. The summed E-state index contributed by atoms with van der Waals surface area (Å²) in [5, 5.41) is 16.7. The highest BCUT2D eigenvalue weighted by Crippen LogP contribution is 2.23. The van der Waals surface area contributed by atoms with E-state index >= 15 is 0 Å². The van der Waals surface area contributed by atoms with E-state index in [4.69, 9.17) is 10.2 Å². The molecule has 0 aliphatic rings. The van der Waals surface area contributed by atoms with Gasteiger partial charge < -0.3 is 25.9 Å². The zero-order valence-electron chi connectivity index (χ0n) is 17.0. The lowest BCUT2D eigenvalue weighted by molar-refractivity contribution is 0.0972. The van der Waals surface area contributed by atoms with Gasteiger partial charge in [0, 0.05) is 13.1 Å². The fraction of sp³-hybridized carbons (Fsp3) is 0.429. The van der Waals surface area contributed by atoms with Gasteiger partial charge in [-0.3, -0.25) is 4.79 Å². The average molecular weight is 386 g/mol. The van der Waals surface area contributed by atoms with Crippen molar-refractivity contribution < 1.29 is 14.3 Å². The minimum absolute atomic E-state index is 0.0762. The van der Waals surface area contributed by atoms with Crippen LogP contribution < -0.4 is 16.4 Å². The van der Waals surface area contributed by atoms with Crippen molar-refractivity contribution in [1.29, 1.82) is 0 Å². The molecule has 1 unspecified atom stereocenters. The van der Waals surface area contributed by atoms with Crippen molar-refractivity contribution in [2.24, 2.45) is 10.7 Å². The number of primary amides is 1. The first-order valence-electron chi connectivity index (χ1n) is 9.40. The van der Waals surface area contributed by atoms with Gasteiger partial charge >= 0.3 is 0 Å². The number of nitrogens with one attached hydrogen (secondary N) is 2. The summed E-state index contributed by atoms with van der Waals surface area (Å²) in [6.07, 6.45) is -0.664. The summed E-state index contributed by atoms with van der Waals surface area (Å²) in [6, 6.07) is 11.2. The zero-order valence-corrected chi connectivity index (χ0v) is 17.0. The molecule has 0 saturated heterocycles. The lowest BCUT2D eigenvalue weighted by atomic mass is 9.86. The second-order valence-electron chi connectivity index (χ2n) is 7.59. The molecule has 1 amide bonds. The second-order valence-corrected chi connectivity index (χ2v) is 7.59. The van der Waals surface area contributed by atoms with Crippen LogP contribution in [0, 0.1) is 0 Å². The number of benzene rings is 1. The van der Waals surface area contributed by atoms with E-state index in [0.29, 0.717) is 24.8 Å². The lowest BCUT2D eigenvalue weighted by Crippen LogP contribution is -2.39. The van der Waals surface area contributed by atoms with Crippen LogP contribution in [0.5, 0.6) is 0 Å². The van der Waals surface area contributed by atoms with Crippen LogP contribution in [-0.2, 0) is 12.0 Å². The van der Waals surface area contributed by atoms with Crippen LogP contribution >= 0.6 is 0 Å². The molecule has 7 nitrogen and oxygen atoms in total. The minimum Gasteiger partial charge on any atom is -0.454 e. The summed E-state index contributed by atoms with van der Waals surface area (Å²) < 4.78 is 5.32. The topological polar surface area (TPSA) is 113 Å². The average Bonchev–Trinajstić information content (AvgIpc) is 3.12. The number of aliphatic hydroxyl groups is 1. The number of nitrogens with two attached hydrogens (primary N) is 1. The Morgan fingerprint density at radius 3 is 2.39 bits per heavy atom. The fourth-order valence-corrected chi connectivity index (χ4v) is 2.61. The zero-order chi connectivity index (χ0) is 20.7. The molecule has 1 heterocycles. The Kier molecular flexibility index (Phi) is 7.23. The Morgan fingerprint density at radius 2 is 1.86 bits per heavy atom. The standard InChI is InChI=1S/C21H30N4O3/c1-5-23-20(24-12-16-10-11-18(28-16)19(22)27)25-13-17(26)14-6-8-15(9-7-14)21(2,3)4/h6-11,17,26H,5,12-13H2,1-4H3,(H2,22,27)(H2,23,24,25). The number of hydrogen-bond donors (Lipinski definition) is 4. The molecule has 28 heavy (non-hydrogen) atoms. The minimum atomic E-state index is -0.664. The predicted molar refractivity (Wildman–Crippen MR) is 110 cm³/mol. The molecule has 0 radical (unpaired) electrons. The largest absolute Gasteiger partial charge is 0.454 e. The molecule has 152 valence electrons. The van der Waals surface area contributed by atoms with Crippen molar-refractivity contribution in [3.8, 4) is 0 Å². The van der Waals surface area contributed by atoms with Gasteiger partial charge in [0.05, 0.1) is 6.10 Å². The van der Waals surface area contributed by atoms with Gasteiger partial charge in [0.25, 0.3) is 5.91 Å². The predicted octanol–water partition coefficient (Wildman–Crippen LogP) is 2.46. The van der Waals surface area contributed by atoms with Crippen molar-refractivity contribution in [2.75, 3.05) is 13.1 Å². The molecule has 7 heteroatoms. The van der Waals surface area contributed by atoms with Crippen molar-refractivity contribution in [3.05, 3.63) is 59.0 Å². The number of aliphatic imine (C=N–C) groups is 1. The van der Waals surface area contributed by atoms with Crippen molar-refractivity contribution in [3.63, 3.8) is 0 Å². The van der Waals surface area contributed by atoms with Gasteiger partial charge in [0.1, 0.15) is 12.3 Å². The normalized spacial score (nSPS) is 13.2. The Labute approximate surface area is 166 Å². The molecule has 0 spiro atoms. The van der Waals surface area contributed by atoms with E-state index in [0.717, 1.165) is 5.56 Å². The van der Waals surface area contributed by atoms with E-state index < -0.39 is 12.0 Å². The fourth-order valence-electron chi connectivity index (χ4n) is 2.61. The number of carbonyl (C=O) groups excluding carboxylic acids is 1. The van der Waals surface area contributed by atoms with Crippen LogP contribution in [-0.4, -0.2) is 30.1 Å². The Balaban J connectivity index is 1.96. The van der Waals surface area contributed by atoms with E-state index in [1.807, 2.05) is 31.2 Å². The van der Waals surface area contributed by atoms with E-state index in [1.54, 1.807) is 6.07 Å². The third-order valence-corrected chi connectivity index (χ3v) is 4.27. The summed E-state index contributed by atoms with van der Waals surface area (Å²) >= 11 is 0. The van der Waals surface area contributed by atoms with Crippen molar-refractivity contribution >= 4 is 11.9 Å². The molecule has 0 saturated carbocycles. The first kappa shape index (κ1) is 21.5. The van der Waals surface area contributed by atoms with Gasteiger partial charge in [-0.25, -0.2) is 4.99 Å². The Bertz CT molecular complexity index is 804. The smallest absolute Gasteiger partial charge is 0.284 e. The molecule has 0 fully saturated rings. The Hall–Kier alpha value is -2.80. The molecular formula is C21H30N4O3. The van der Waals surface area contributed by atoms with E-state index in [-0.39, 0.29) is 17.7 Å². The molecule has 2 rings (SSSR count). The molecule has 0 aliphatic carbocycles. The van der Waals surface area contributed by atoms with Gasteiger partial charge in [-0.15, -0.1) is 0 Å². The molecule has 0 bridgehead atoms. The van der Waals surface area contributed by atoms with Crippen molar-refractivity contribution in [2.45, 2.75) is 45.8 Å². The Morgan fingerprint density at radius 1 is 1.18 bits per heavy atom. The third-order valence-electron chi connectivity index (χ3n) is 4.27. The SMILES string of the molecule is CCNC(=NCc1ccc(C(N)=O)o1)NCC(O)c1ccc(C(C)(C)C)cc1. The molecule has 1 aromatic carbocycles. The van der Waals surface area contributed by atoms with Gasteiger partial charge in [-0.1, -0.05) is 45.0 Å². The lowest BCUT2D eigenvalue weighted by Gasteiger charge is -2.20. The summed E-state index contributed by atoms with van der Waals surface area (Å²) in [7, 11) is 0. The number of carbonyl (C=O) groups is 1. The first-order valence-corrected chi connectivity index (χ1v) is 9.40. The molecule has 1 atom stereocenters. The van der Waals surface area contributed by atoms with E-state index in [1.165, 1.54) is 11.6 Å². The number of nitrogens with zero attached hydrogens (tertiary/aromatic N) is 1. The van der Waals surface area contributed by atoms with Gasteiger partial charge in [-0.05, 0) is 35.6 Å². The highest BCUT2D eigenvalue weighted by Gasteiger charge is 2.15. The number of guanidine groups is 1. The molecule has 0 aliphatic heterocycles. The van der Waals surface area contributed by atoms with E-state index in [2.05, 4.69) is 36.4 Å². The number of hydrogen-bond acceptors (Lipinski definition) is 4. The second kappa shape index (κ2) is 9.41. The molecule has 2 aromatic rings. The monoisotopic (exact) mass is 386 g/mol. The van der Waals surface area contributed by atoms with Gasteiger partial charge in [0.15, 0.2) is 11.7 Å². The van der Waals surface area contributed by atoms with Crippen LogP contribution in [0.2, 0.25) is 0 Å². The van der Waals surface area contributed by atoms with Crippen LogP contribution in [0.1, 0.15) is 61.2 Å². The molecule has 1 aromatic heterocycles. The summed E-state index contributed by atoms with van der Waals surface area (Å²) in [4.78, 5) is 15.5. The molecular weight excluding hydrogens is 356 g/mol. The number of furan rings is 1. The summed E-state index contributed by atoms with van der Waals surface area (Å²) in [5.41, 5.74) is 7.32. The maximum absolute atomic E-state index is 11.1. The third kappa shape index (κ3) is 6.13. The number of aliphatic hydroxyl groups excluding tert-OH is 1. The van der Waals surface area contributed by atoms with Gasteiger partial charge in [-0.2, -0.15) is 0 Å². The quantitative estimate of drug-likeness (QED) is 0.431. The molecule has 5 N–H and O–H groups in total. The number of amides is 1. The van der Waals surface area contributed by atoms with Crippen LogP contribution in [0.25, 0.3) is 0 Å². The maximum atomic E-state index is 11.1. The van der Waals surface area contributed by atoms with Gasteiger partial charge in [0.2, 0.25) is 0 Å². The first-order chi connectivity index (χ1) is 13.2. The highest BCUT2D eigenvalue weighted by atomic mass is 16.3. The highest BCUT2D eigenvalue weighted by molar-refractivity contribution is 5.89. The summed E-state index contributed by atoms with van der Waals surface area (Å²) in [6.45, 7) is 9.66. The van der Waals surface area contributed by atoms with Crippen LogP contribution in [0.3, 0.4) is 0 Å². The van der Waals surface area contributed by atoms with E-state index in [9.17, 15) is 9.90 Å². The van der Waals surface area contributed by atoms with Crippen LogP contribution in [0.4, 0.5) is 0 Å².